The van der Waals surface area contributed by atoms with Crippen molar-refractivity contribution < 1.29 is 199 Å². The van der Waals surface area contributed by atoms with Gasteiger partial charge in [-0.05, 0) is 0 Å². The van der Waals surface area contributed by atoms with Gasteiger partial charge in [0.1, 0.15) is 0 Å². The maximum atomic E-state index is 8.55. The van der Waals surface area contributed by atoms with E-state index in [0.29, 0.717) is 0 Å². The summed E-state index contributed by atoms with van der Waals surface area (Å²) in [6.07, 6.45) is 0. The summed E-state index contributed by atoms with van der Waals surface area (Å²) in [4.78, 5) is 128. The molecule has 0 N–H and O–H groups in total. The van der Waals surface area contributed by atoms with Gasteiger partial charge >= 0.3 is 120 Å². The molecular formula is AlLaLiO20P5TiZr. The molecule has 0 aromatic carbocycles. The summed E-state index contributed by atoms with van der Waals surface area (Å²) in [5.41, 5.74) is 0. The Morgan fingerprint density at radius 2 is 0.367 bits per heavy atom. The van der Waals surface area contributed by atoms with Crippen molar-refractivity contribution in [3.8, 4) is 0 Å². The van der Waals surface area contributed by atoms with Gasteiger partial charge in [-0.2, -0.15) is 39.1 Å². The minimum absolute atomic E-state index is 0. The van der Waals surface area contributed by atoms with Crippen molar-refractivity contribution in [3.63, 3.8) is 0 Å². The molecule has 160 valence electrons. The third kappa shape index (κ3) is 1610. The van der Waals surface area contributed by atoms with E-state index in [0.717, 1.165) is 0 Å². The van der Waals surface area contributed by atoms with Crippen LogP contribution in [-0.2, 0) is 70.7 Å². The van der Waals surface area contributed by atoms with E-state index in [1.807, 2.05) is 0 Å². The van der Waals surface area contributed by atoms with Crippen molar-refractivity contribution in [3.05, 3.63) is 0 Å². The molecule has 0 bridgehead atoms. The zero-order valence-corrected chi connectivity index (χ0v) is 26.8. The van der Waals surface area contributed by atoms with Gasteiger partial charge in [-0.25, -0.2) is 0 Å². The largest absolute Gasteiger partial charge is 4.00 e. The summed E-state index contributed by atoms with van der Waals surface area (Å²) in [6.45, 7) is 0. The fraction of sp³-hybridized carbons (Fsp3) is 0. The molecule has 0 radical (unpaired) electrons. The van der Waals surface area contributed by atoms with Crippen LogP contribution in [0, 0.1) is 35.6 Å². The van der Waals surface area contributed by atoms with Crippen molar-refractivity contribution in [1.82, 2.24) is 0 Å². The molecular weight excluding hydrogens is 787 g/mol. The molecule has 0 aliphatic heterocycles. The molecule has 0 unspecified atom stereocenters. The van der Waals surface area contributed by atoms with Gasteiger partial charge < -0.3 is 96.2 Å². The first kappa shape index (κ1) is 64.5. The fourth-order valence-electron chi connectivity index (χ4n) is 0. The molecule has 0 saturated heterocycles. The smallest absolute Gasteiger partial charge is 0.822 e. The predicted octanol–water partition coefficient (Wildman–Crippen LogP) is -17.5. The second-order valence-corrected chi connectivity index (χ2v) is 6.71. The van der Waals surface area contributed by atoms with E-state index in [2.05, 4.69) is 0 Å². The van der Waals surface area contributed by atoms with Crippen molar-refractivity contribution in [2.75, 3.05) is 0 Å². The van der Waals surface area contributed by atoms with Gasteiger partial charge in [0, 0.05) is 0 Å². The molecule has 0 atom stereocenters. The van der Waals surface area contributed by atoms with Crippen LogP contribution < -0.4 is 92.3 Å². The Morgan fingerprint density at radius 3 is 0.367 bits per heavy atom. The van der Waals surface area contributed by atoms with Crippen LogP contribution in [0.1, 0.15) is 0 Å². The third-order valence-corrected chi connectivity index (χ3v) is 0. The van der Waals surface area contributed by atoms with Gasteiger partial charge in [0.2, 0.25) is 0 Å². The van der Waals surface area contributed by atoms with Crippen LogP contribution in [0.25, 0.3) is 0 Å². The van der Waals surface area contributed by atoms with Gasteiger partial charge in [-0.15, -0.1) is 0 Å². The van der Waals surface area contributed by atoms with Crippen LogP contribution in [0.3, 0.4) is 0 Å². The van der Waals surface area contributed by atoms with E-state index >= 15 is 0 Å². The molecule has 0 amide bonds. The number of phosphoric acid groups is 5. The average molecular weight is 787 g/mol. The minimum Gasteiger partial charge on any atom is -0.822 e. The second-order valence-electron chi connectivity index (χ2n) is 2.24. The normalized spacial score (nSPS) is 9.83. The van der Waals surface area contributed by atoms with E-state index in [9.17, 15) is 0 Å². The van der Waals surface area contributed by atoms with Gasteiger partial charge in [-0.1, -0.05) is 0 Å². The van der Waals surface area contributed by atoms with E-state index < -0.39 is 39.1 Å². The summed E-state index contributed by atoms with van der Waals surface area (Å²) in [5, 5.41) is 0. The Kier molecular flexibility index (Phi) is 63.8. The third-order valence-electron chi connectivity index (χ3n) is 0. The molecule has 30 heavy (non-hydrogen) atoms. The van der Waals surface area contributed by atoms with Crippen molar-refractivity contribution >= 4 is 56.5 Å². The zero-order valence-electron chi connectivity index (χ0n) is 13.6. The van der Waals surface area contributed by atoms with Crippen molar-refractivity contribution in [2.24, 2.45) is 0 Å². The second kappa shape index (κ2) is 29.7. The molecule has 0 aliphatic carbocycles. The standard InChI is InChI=1S/Al.La.Li.5H3O4P.Ti.Zr/c;;;5*1-5(2,3)4;;/h;;;5*(H3,1,2,3,4);;/q2*+3;+1;;;;;;2*+4/p-15. The summed E-state index contributed by atoms with van der Waals surface area (Å²) in [6, 6.07) is 0. The van der Waals surface area contributed by atoms with E-state index in [1.165, 1.54) is 0 Å². The quantitative estimate of drug-likeness (QED) is 0.162. The average Bonchev–Trinajstić information content (AvgIpc) is 1.79. The SMILES string of the molecule is O=P([O-])([O-])[O-].O=P([O-])([O-])[O-].O=P([O-])([O-])[O-].O=P([O-])([O-])[O-].O=P([O-])([O-])[O-].[Al+3].[La+3].[Li+].[Ti+4].[Zr+4]. The maximum Gasteiger partial charge on any atom is 4.00 e. The molecule has 0 spiro atoms. The molecule has 0 fully saturated rings. The first-order valence-electron chi connectivity index (χ1n) is 3.65. The van der Waals surface area contributed by atoms with Gasteiger partial charge in [-0.3, -0.25) is 0 Å². The van der Waals surface area contributed by atoms with Crippen LogP contribution in [0.15, 0.2) is 0 Å². The predicted molar refractivity (Wildman–Crippen MR) is 43.8 cm³/mol. The number of hydrogen-bond donors (Lipinski definition) is 0. The first-order chi connectivity index (χ1) is 10.0. The Morgan fingerprint density at radius 1 is 0.367 bits per heavy atom. The van der Waals surface area contributed by atoms with Crippen molar-refractivity contribution in [2.45, 2.75) is 0 Å². The van der Waals surface area contributed by atoms with Crippen molar-refractivity contribution in [1.29, 1.82) is 0 Å². The zero-order chi connectivity index (χ0) is 22.5. The molecule has 0 aromatic heterocycles. The summed E-state index contributed by atoms with van der Waals surface area (Å²) < 4.78 is 42.7. The molecule has 0 aliphatic rings. The fourth-order valence-corrected chi connectivity index (χ4v) is 0. The van der Waals surface area contributed by atoms with Gasteiger partial charge in [0.25, 0.3) is 0 Å². The summed E-state index contributed by atoms with van der Waals surface area (Å²) in [5.74, 6) is 0. The van der Waals surface area contributed by atoms with E-state index in [-0.39, 0.29) is 120 Å². The Hall–Kier alpha value is 4.47. The first-order valence-corrected chi connectivity index (χ1v) is 11.0. The Balaban J connectivity index is -0.0000000200. The van der Waals surface area contributed by atoms with E-state index in [1.54, 1.807) is 0 Å². The number of rotatable bonds is 0. The number of hydrogen-bond acceptors (Lipinski definition) is 20. The summed E-state index contributed by atoms with van der Waals surface area (Å²) in [7, 11) is -26.9. The van der Waals surface area contributed by atoms with Crippen LogP contribution in [0.4, 0.5) is 0 Å². The molecule has 0 aromatic rings. The molecule has 0 rings (SSSR count). The molecule has 0 heterocycles. The van der Waals surface area contributed by atoms with Crippen LogP contribution in [-0.4, -0.2) is 17.4 Å². The monoisotopic (exact) mass is 786 g/mol. The van der Waals surface area contributed by atoms with E-state index in [4.69, 9.17) is 96.2 Å². The van der Waals surface area contributed by atoms with Crippen LogP contribution >= 0.6 is 39.1 Å². The van der Waals surface area contributed by atoms with Gasteiger partial charge in [0.15, 0.2) is 0 Å². The van der Waals surface area contributed by atoms with Crippen LogP contribution in [0.2, 0.25) is 0 Å². The molecule has 0 saturated carbocycles. The molecule has 20 nitrogen and oxygen atoms in total. The minimum atomic E-state index is -5.39. The molecule has 30 heteroatoms. The topological polar surface area (TPSA) is 431 Å². The van der Waals surface area contributed by atoms with Crippen LogP contribution in [0.5, 0.6) is 0 Å². The Labute approximate surface area is 252 Å². The Bertz CT molecular complexity index is 396. The maximum absolute atomic E-state index is 8.55. The van der Waals surface area contributed by atoms with Gasteiger partial charge in [0.05, 0.1) is 0 Å². The summed E-state index contributed by atoms with van der Waals surface area (Å²) >= 11 is 0.